The molecule has 3 aromatic heterocycles. The molecule has 0 fully saturated rings. The fourth-order valence-electron chi connectivity index (χ4n) is 1.96. The van der Waals surface area contributed by atoms with Crippen molar-refractivity contribution in [2.45, 2.75) is 6.92 Å². The molecule has 0 aliphatic carbocycles. The molecular formula is C15H11N6NaO3. The number of ether oxygens (including phenoxy) is 1. The first kappa shape index (κ1) is 18.8. The van der Waals surface area contributed by atoms with Gasteiger partial charge in [-0.15, -0.1) is 0 Å². The van der Waals surface area contributed by atoms with Gasteiger partial charge in [0.25, 0.3) is 0 Å². The van der Waals surface area contributed by atoms with Gasteiger partial charge < -0.3 is 9.84 Å². The van der Waals surface area contributed by atoms with Gasteiger partial charge in [0.15, 0.2) is 5.82 Å². The van der Waals surface area contributed by atoms with Crippen LogP contribution in [0.4, 0.5) is 0 Å². The van der Waals surface area contributed by atoms with Crippen molar-refractivity contribution in [2.24, 2.45) is 0 Å². The maximum Gasteiger partial charge on any atom is 1.00 e. The summed E-state index contributed by atoms with van der Waals surface area (Å²) in [7, 11) is 0. The standard InChI is InChI=1S/C15H12N6O3.Na/c1-2-24-15(23)11-12(9-7-16-3-5-18-9)20-13(21-14(11)22)10-8-17-4-6-19-10;/h3-8H,2H2,1H3,(H,20,21,22);/q;+1/p-1. The predicted octanol–water partition coefficient (Wildman–Crippen LogP) is -2.36. The Labute approximate surface area is 164 Å². The van der Waals surface area contributed by atoms with E-state index in [0.717, 1.165) is 0 Å². The van der Waals surface area contributed by atoms with Crippen LogP contribution in [0.2, 0.25) is 0 Å². The van der Waals surface area contributed by atoms with Gasteiger partial charge in [-0.05, 0) is 6.92 Å². The van der Waals surface area contributed by atoms with Crippen molar-refractivity contribution >= 4 is 5.97 Å². The topological polar surface area (TPSA) is 127 Å². The van der Waals surface area contributed by atoms with Crippen molar-refractivity contribution in [2.75, 3.05) is 6.61 Å². The summed E-state index contributed by atoms with van der Waals surface area (Å²) in [6, 6.07) is 0. The van der Waals surface area contributed by atoms with E-state index in [1.807, 2.05) is 0 Å². The molecule has 0 saturated carbocycles. The van der Waals surface area contributed by atoms with Crippen LogP contribution in [0.15, 0.2) is 37.2 Å². The summed E-state index contributed by atoms with van der Waals surface area (Å²) >= 11 is 0. The van der Waals surface area contributed by atoms with Crippen LogP contribution in [-0.4, -0.2) is 42.5 Å². The van der Waals surface area contributed by atoms with E-state index < -0.39 is 11.8 Å². The number of aromatic nitrogens is 6. The van der Waals surface area contributed by atoms with Crippen LogP contribution in [0.1, 0.15) is 17.3 Å². The first-order valence-electron chi connectivity index (χ1n) is 6.99. The zero-order chi connectivity index (χ0) is 16.9. The molecule has 0 saturated heterocycles. The van der Waals surface area contributed by atoms with Crippen molar-refractivity contribution in [3.8, 4) is 28.8 Å². The molecule has 10 heteroatoms. The molecule has 3 rings (SSSR count). The van der Waals surface area contributed by atoms with Gasteiger partial charge in [0.1, 0.15) is 17.1 Å². The van der Waals surface area contributed by atoms with Crippen LogP contribution in [0.3, 0.4) is 0 Å². The van der Waals surface area contributed by atoms with Crippen LogP contribution in [0, 0.1) is 0 Å². The average molecular weight is 346 g/mol. The number of hydrogen-bond donors (Lipinski definition) is 0. The summed E-state index contributed by atoms with van der Waals surface area (Å²) in [6.07, 6.45) is 8.64. The van der Waals surface area contributed by atoms with Gasteiger partial charge in [-0.25, -0.2) is 19.7 Å². The monoisotopic (exact) mass is 346 g/mol. The van der Waals surface area contributed by atoms with E-state index in [0.29, 0.717) is 5.69 Å². The number of nitrogens with zero attached hydrogens (tertiary/aromatic N) is 6. The molecule has 0 atom stereocenters. The summed E-state index contributed by atoms with van der Waals surface area (Å²) < 4.78 is 4.92. The molecule has 0 aliphatic heterocycles. The molecule has 0 bridgehead atoms. The minimum Gasteiger partial charge on any atom is -0.858 e. The SMILES string of the molecule is CCOC(=O)c1c([O-])nc(-c2cnccn2)nc1-c1cnccn1.[Na+]. The average Bonchev–Trinajstić information content (AvgIpc) is 2.62. The van der Waals surface area contributed by atoms with Crippen molar-refractivity contribution in [1.82, 2.24) is 29.9 Å². The van der Waals surface area contributed by atoms with E-state index in [4.69, 9.17) is 4.74 Å². The molecule has 3 aromatic rings. The van der Waals surface area contributed by atoms with Gasteiger partial charge in [0, 0.05) is 30.7 Å². The van der Waals surface area contributed by atoms with Crippen molar-refractivity contribution in [3.05, 3.63) is 42.7 Å². The second-order valence-corrected chi connectivity index (χ2v) is 4.48. The fraction of sp³-hybridized carbons (Fsp3) is 0.133. The van der Waals surface area contributed by atoms with Gasteiger partial charge in [-0.3, -0.25) is 15.0 Å². The zero-order valence-electron chi connectivity index (χ0n) is 13.6. The van der Waals surface area contributed by atoms with Gasteiger partial charge in [0.05, 0.1) is 24.6 Å². The minimum atomic E-state index is -0.811. The molecule has 0 aromatic carbocycles. The quantitative estimate of drug-likeness (QED) is 0.377. The Morgan fingerprint density at radius 1 is 1.04 bits per heavy atom. The molecule has 0 N–H and O–H groups in total. The molecule has 0 radical (unpaired) electrons. The first-order chi connectivity index (χ1) is 11.7. The Morgan fingerprint density at radius 2 is 1.68 bits per heavy atom. The number of rotatable bonds is 4. The van der Waals surface area contributed by atoms with E-state index >= 15 is 0 Å². The van der Waals surface area contributed by atoms with Crippen molar-refractivity contribution < 1.29 is 44.2 Å². The third kappa shape index (κ3) is 4.13. The summed E-state index contributed by atoms with van der Waals surface area (Å²) in [5.74, 6) is -1.54. The van der Waals surface area contributed by atoms with Gasteiger partial charge >= 0.3 is 35.5 Å². The van der Waals surface area contributed by atoms with E-state index in [2.05, 4.69) is 29.9 Å². The maximum absolute atomic E-state index is 12.4. The van der Waals surface area contributed by atoms with Crippen LogP contribution in [0.5, 0.6) is 5.88 Å². The molecule has 120 valence electrons. The van der Waals surface area contributed by atoms with Gasteiger partial charge in [0.2, 0.25) is 0 Å². The summed E-state index contributed by atoms with van der Waals surface area (Å²) in [4.78, 5) is 36.2. The van der Waals surface area contributed by atoms with E-state index in [-0.39, 0.29) is 58.9 Å². The minimum absolute atomic E-state index is 0. The number of carbonyl (C=O) groups is 1. The fourth-order valence-corrected chi connectivity index (χ4v) is 1.96. The Balaban J connectivity index is 0.00000225. The van der Waals surface area contributed by atoms with Crippen molar-refractivity contribution in [1.29, 1.82) is 0 Å². The maximum atomic E-state index is 12.4. The molecule has 25 heavy (non-hydrogen) atoms. The molecular weight excluding hydrogens is 335 g/mol. The summed E-state index contributed by atoms with van der Waals surface area (Å²) in [6.45, 7) is 1.75. The molecule has 0 spiro atoms. The van der Waals surface area contributed by atoms with Gasteiger partial charge in [-0.1, -0.05) is 0 Å². The van der Waals surface area contributed by atoms with Crippen molar-refractivity contribution in [3.63, 3.8) is 0 Å². The summed E-state index contributed by atoms with van der Waals surface area (Å²) in [5, 5.41) is 12.4. The normalized spacial score (nSPS) is 9.96. The van der Waals surface area contributed by atoms with Crippen LogP contribution >= 0.6 is 0 Å². The molecule has 9 nitrogen and oxygen atoms in total. The Kier molecular flexibility index (Phi) is 6.45. The Hall–Kier alpha value is -2.49. The van der Waals surface area contributed by atoms with Crippen LogP contribution in [-0.2, 0) is 4.74 Å². The molecule has 0 amide bonds. The van der Waals surface area contributed by atoms with E-state index in [1.165, 1.54) is 37.2 Å². The van der Waals surface area contributed by atoms with Crippen LogP contribution in [0.25, 0.3) is 22.9 Å². The van der Waals surface area contributed by atoms with E-state index in [1.54, 1.807) is 6.92 Å². The zero-order valence-corrected chi connectivity index (χ0v) is 15.6. The smallest absolute Gasteiger partial charge is 0.858 e. The molecule has 0 unspecified atom stereocenters. The van der Waals surface area contributed by atoms with E-state index in [9.17, 15) is 9.90 Å². The number of hydrogen-bond acceptors (Lipinski definition) is 9. The van der Waals surface area contributed by atoms with Gasteiger partial charge in [-0.2, -0.15) is 0 Å². The third-order valence-electron chi connectivity index (χ3n) is 2.95. The Bertz CT molecular complexity index is 864. The molecule has 3 heterocycles. The third-order valence-corrected chi connectivity index (χ3v) is 2.95. The Morgan fingerprint density at radius 3 is 2.24 bits per heavy atom. The summed E-state index contributed by atoms with van der Waals surface area (Å²) in [5.41, 5.74) is 0.313. The second kappa shape index (κ2) is 8.56. The second-order valence-electron chi connectivity index (χ2n) is 4.48. The predicted molar refractivity (Wildman–Crippen MR) is 79.5 cm³/mol. The number of carbonyl (C=O) groups excluding carboxylic acids is 1. The largest absolute Gasteiger partial charge is 1.00 e. The number of esters is 1. The first-order valence-corrected chi connectivity index (χ1v) is 6.99. The van der Waals surface area contributed by atoms with Crippen LogP contribution < -0.4 is 34.7 Å². The molecule has 0 aliphatic rings.